The Morgan fingerprint density at radius 3 is 2.54 bits per heavy atom. The lowest BCUT2D eigenvalue weighted by atomic mass is 9.92. The van der Waals surface area contributed by atoms with Gasteiger partial charge in [-0.1, -0.05) is 60.5 Å². The number of piperidine rings is 1. The highest BCUT2D eigenvalue weighted by molar-refractivity contribution is 6.30. The number of carbonyl (C=O) groups excluding carboxylic acids is 1. The molecule has 0 aromatic heterocycles. The van der Waals surface area contributed by atoms with Crippen molar-refractivity contribution in [2.24, 2.45) is 0 Å². The smallest absolute Gasteiger partial charge is 0.141 e. The van der Waals surface area contributed by atoms with Gasteiger partial charge >= 0.3 is 0 Å². The molecule has 1 saturated heterocycles. The zero-order valence-corrected chi connectivity index (χ0v) is 14.7. The first-order valence-electron chi connectivity index (χ1n) is 8.78. The summed E-state index contributed by atoms with van der Waals surface area (Å²) in [6.45, 7) is 0.992. The van der Waals surface area contributed by atoms with Gasteiger partial charge in [0.05, 0.1) is 6.04 Å². The lowest BCUT2D eigenvalue weighted by Gasteiger charge is -2.39. The van der Waals surface area contributed by atoms with Crippen LogP contribution >= 0.6 is 11.6 Å². The highest BCUT2D eigenvalue weighted by Gasteiger charge is 2.29. The summed E-state index contributed by atoms with van der Waals surface area (Å²) in [6, 6.07) is 18.6. The molecular formula is C21H24ClNO. The average Bonchev–Trinajstić information content (AvgIpc) is 2.64. The molecule has 2 aromatic carbocycles. The van der Waals surface area contributed by atoms with E-state index in [4.69, 9.17) is 11.6 Å². The fraction of sp³-hybridized carbons (Fsp3) is 0.381. The van der Waals surface area contributed by atoms with Crippen LogP contribution in [0.1, 0.15) is 42.9 Å². The molecule has 126 valence electrons. The van der Waals surface area contributed by atoms with Crippen LogP contribution in [0.15, 0.2) is 54.6 Å². The topological polar surface area (TPSA) is 20.3 Å². The zero-order valence-electron chi connectivity index (χ0n) is 13.9. The van der Waals surface area contributed by atoms with Gasteiger partial charge in [0.15, 0.2) is 0 Å². The standard InChI is InChI=1S/C21H24ClNO/c22-19-12-10-18(11-13-19)21(16-24)23-15-5-4-8-20(23)14-9-17-6-2-1-3-7-17/h1-3,6-7,10-13,16,20-21H,4-5,8-9,14-15H2. The van der Waals surface area contributed by atoms with Gasteiger partial charge in [0.2, 0.25) is 0 Å². The number of aldehydes is 1. The van der Waals surface area contributed by atoms with Crippen molar-refractivity contribution in [3.8, 4) is 0 Å². The molecule has 2 unspecified atom stereocenters. The number of hydrogen-bond donors (Lipinski definition) is 0. The maximum absolute atomic E-state index is 11.8. The molecular weight excluding hydrogens is 318 g/mol. The predicted molar refractivity (Wildman–Crippen MR) is 99.4 cm³/mol. The van der Waals surface area contributed by atoms with Gasteiger partial charge in [0.25, 0.3) is 0 Å². The normalized spacial score (nSPS) is 19.8. The first-order valence-corrected chi connectivity index (χ1v) is 9.16. The SMILES string of the molecule is O=CC(c1ccc(Cl)cc1)N1CCCCC1CCc1ccccc1. The van der Waals surface area contributed by atoms with Gasteiger partial charge in [0, 0.05) is 11.1 Å². The second-order valence-corrected chi connectivity index (χ2v) is 6.98. The van der Waals surface area contributed by atoms with Crippen LogP contribution in [0.4, 0.5) is 0 Å². The molecule has 3 heteroatoms. The van der Waals surface area contributed by atoms with Crippen molar-refractivity contribution in [2.75, 3.05) is 6.54 Å². The van der Waals surface area contributed by atoms with E-state index in [1.807, 2.05) is 24.3 Å². The highest BCUT2D eigenvalue weighted by atomic mass is 35.5. The van der Waals surface area contributed by atoms with Crippen LogP contribution in [0, 0.1) is 0 Å². The Morgan fingerprint density at radius 2 is 1.83 bits per heavy atom. The summed E-state index contributed by atoms with van der Waals surface area (Å²) < 4.78 is 0. The number of halogens is 1. The van der Waals surface area contributed by atoms with Crippen LogP contribution in [0.25, 0.3) is 0 Å². The van der Waals surface area contributed by atoms with E-state index in [0.717, 1.165) is 31.2 Å². The van der Waals surface area contributed by atoms with E-state index in [2.05, 4.69) is 35.2 Å². The van der Waals surface area contributed by atoms with Gasteiger partial charge in [-0.2, -0.15) is 0 Å². The van der Waals surface area contributed by atoms with E-state index >= 15 is 0 Å². The number of benzene rings is 2. The van der Waals surface area contributed by atoms with Crippen molar-refractivity contribution >= 4 is 17.9 Å². The second-order valence-electron chi connectivity index (χ2n) is 6.54. The maximum Gasteiger partial charge on any atom is 0.141 e. The molecule has 0 aliphatic carbocycles. The Kier molecular flexibility index (Phi) is 6.06. The van der Waals surface area contributed by atoms with Crippen molar-refractivity contribution in [1.29, 1.82) is 0 Å². The van der Waals surface area contributed by atoms with Crippen molar-refractivity contribution in [2.45, 2.75) is 44.2 Å². The maximum atomic E-state index is 11.8. The fourth-order valence-corrected chi connectivity index (χ4v) is 3.81. The Morgan fingerprint density at radius 1 is 1.08 bits per heavy atom. The minimum atomic E-state index is -0.164. The molecule has 3 rings (SSSR count). The van der Waals surface area contributed by atoms with Gasteiger partial charge in [-0.3, -0.25) is 4.90 Å². The van der Waals surface area contributed by atoms with Crippen LogP contribution in [-0.4, -0.2) is 23.8 Å². The van der Waals surface area contributed by atoms with Gasteiger partial charge in [-0.25, -0.2) is 0 Å². The Balaban J connectivity index is 1.72. The summed E-state index contributed by atoms with van der Waals surface area (Å²) >= 11 is 5.99. The van der Waals surface area contributed by atoms with Gasteiger partial charge < -0.3 is 4.79 Å². The molecule has 2 atom stereocenters. The molecule has 0 N–H and O–H groups in total. The van der Waals surface area contributed by atoms with E-state index in [1.165, 1.54) is 24.8 Å². The van der Waals surface area contributed by atoms with Crippen molar-refractivity contribution in [3.05, 3.63) is 70.7 Å². The Bertz CT molecular complexity index is 641. The minimum absolute atomic E-state index is 0.164. The van der Waals surface area contributed by atoms with E-state index in [1.54, 1.807) is 0 Å². The molecule has 0 bridgehead atoms. The molecule has 1 fully saturated rings. The monoisotopic (exact) mass is 341 g/mol. The number of rotatable bonds is 6. The minimum Gasteiger partial charge on any atom is -0.301 e. The van der Waals surface area contributed by atoms with Crippen LogP contribution in [0.3, 0.4) is 0 Å². The number of aryl methyl sites for hydroxylation is 1. The number of carbonyl (C=O) groups is 1. The van der Waals surface area contributed by atoms with E-state index in [-0.39, 0.29) is 6.04 Å². The van der Waals surface area contributed by atoms with E-state index in [9.17, 15) is 4.79 Å². The molecule has 1 aliphatic heterocycles. The van der Waals surface area contributed by atoms with Crippen molar-refractivity contribution < 1.29 is 4.79 Å². The molecule has 24 heavy (non-hydrogen) atoms. The van der Waals surface area contributed by atoms with Crippen LogP contribution in [0.5, 0.6) is 0 Å². The predicted octanol–water partition coefficient (Wildman–Crippen LogP) is 5.07. The first kappa shape index (κ1) is 17.2. The third-order valence-corrected chi connectivity index (χ3v) is 5.23. The summed E-state index contributed by atoms with van der Waals surface area (Å²) in [4.78, 5) is 14.2. The Labute approximate surface area is 149 Å². The third kappa shape index (κ3) is 4.25. The van der Waals surface area contributed by atoms with E-state index < -0.39 is 0 Å². The van der Waals surface area contributed by atoms with Crippen molar-refractivity contribution in [1.82, 2.24) is 4.90 Å². The van der Waals surface area contributed by atoms with E-state index in [0.29, 0.717) is 11.1 Å². The quantitative estimate of drug-likeness (QED) is 0.684. The molecule has 0 saturated carbocycles. The molecule has 2 nitrogen and oxygen atoms in total. The molecule has 1 heterocycles. The summed E-state index contributed by atoms with van der Waals surface area (Å²) in [6.07, 6.45) is 6.84. The first-order chi connectivity index (χ1) is 11.8. The van der Waals surface area contributed by atoms with Crippen LogP contribution < -0.4 is 0 Å². The molecule has 1 aliphatic rings. The number of likely N-dealkylation sites (tertiary alicyclic amines) is 1. The highest BCUT2D eigenvalue weighted by Crippen LogP contribution is 2.30. The summed E-state index contributed by atoms with van der Waals surface area (Å²) in [5, 5.41) is 0.711. The number of hydrogen-bond acceptors (Lipinski definition) is 2. The fourth-order valence-electron chi connectivity index (χ4n) is 3.69. The molecule has 0 radical (unpaired) electrons. The molecule has 0 amide bonds. The lowest BCUT2D eigenvalue weighted by Crippen LogP contribution is -2.42. The Hall–Kier alpha value is -1.64. The van der Waals surface area contributed by atoms with Crippen LogP contribution in [-0.2, 0) is 11.2 Å². The van der Waals surface area contributed by atoms with Crippen molar-refractivity contribution in [3.63, 3.8) is 0 Å². The van der Waals surface area contributed by atoms with Crippen LogP contribution in [0.2, 0.25) is 5.02 Å². The van der Waals surface area contributed by atoms with Gasteiger partial charge in [-0.05, 0) is 55.5 Å². The lowest BCUT2D eigenvalue weighted by molar-refractivity contribution is -0.114. The summed E-state index contributed by atoms with van der Waals surface area (Å²) in [5.41, 5.74) is 2.41. The largest absolute Gasteiger partial charge is 0.301 e. The van der Waals surface area contributed by atoms with Gasteiger partial charge in [0.1, 0.15) is 6.29 Å². The second kappa shape index (κ2) is 8.46. The summed E-state index contributed by atoms with van der Waals surface area (Å²) in [5.74, 6) is 0. The zero-order chi connectivity index (χ0) is 16.8. The molecule has 0 spiro atoms. The number of nitrogens with zero attached hydrogens (tertiary/aromatic N) is 1. The van der Waals surface area contributed by atoms with Gasteiger partial charge in [-0.15, -0.1) is 0 Å². The summed E-state index contributed by atoms with van der Waals surface area (Å²) in [7, 11) is 0. The third-order valence-electron chi connectivity index (χ3n) is 4.98. The average molecular weight is 342 g/mol. The molecule has 2 aromatic rings.